The molecule has 1 heterocycles. The molecule has 1 aliphatic carbocycles. The average molecular weight is 359 g/mol. The van der Waals surface area contributed by atoms with Crippen molar-refractivity contribution >= 4 is 34.1 Å². The Hall–Kier alpha value is -3.21. The molecular weight excluding hydrogens is 338 g/mol. The number of nitrogens with zero attached hydrogens (tertiary/aromatic N) is 1. The molecule has 1 saturated carbocycles. The predicted octanol–water partition coefficient (Wildman–Crippen LogP) is 4.53. The fraction of sp³-hybridized carbons (Fsp3) is 0.227. The summed E-state index contributed by atoms with van der Waals surface area (Å²) in [6.45, 7) is 1.91. The summed E-state index contributed by atoms with van der Waals surface area (Å²) >= 11 is 0. The zero-order valence-electron chi connectivity index (χ0n) is 15.2. The van der Waals surface area contributed by atoms with Crippen molar-refractivity contribution in [1.82, 2.24) is 4.98 Å². The van der Waals surface area contributed by atoms with Gasteiger partial charge in [-0.15, -0.1) is 0 Å². The van der Waals surface area contributed by atoms with Gasteiger partial charge in [0.25, 0.3) is 5.91 Å². The largest absolute Gasteiger partial charge is 0.326 e. The minimum Gasteiger partial charge on any atom is -0.326 e. The number of hydrogen-bond donors (Lipinski definition) is 2. The van der Waals surface area contributed by atoms with Gasteiger partial charge in [0.1, 0.15) is 0 Å². The summed E-state index contributed by atoms with van der Waals surface area (Å²) in [7, 11) is 0. The molecule has 136 valence electrons. The number of fused-ring (bicyclic) bond motifs is 1. The van der Waals surface area contributed by atoms with Crippen molar-refractivity contribution in [3.8, 4) is 0 Å². The molecule has 2 amide bonds. The van der Waals surface area contributed by atoms with Crippen LogP contribution in [0.25, 0.3) is 10.9 Å². The van der Waals surface area contributed by atoms with E-state index in [-0.39, 0.29) is 17.7 Å². The molecule has 0 unspecified atom stereocenters. The van der Waals surface area contributed by atoms with Gasteiger partial charge in [-0.2, -0.15) is 0 Å². The molecule has 1 fully saturated rings. The molecule has 5 nitrogen and oxygen atoms in total. The van der Waals surface area contributed by atoms with Crippen LogP contribution in [0.5, 0.6) is 0 Å². The average Bonchev–Trinajstić information content (AvgIpc) is 2.60. The van der Waals surface area contributed by atoms with Crippen LogP contribution >= 0.6 is 0 Å². The van der Waals surface area contributed by atoms with E-state index in [9.17, 15) is 9.59 Å². The van der Waals surface area contributed by atoms with Crippen molar-refractivity contribution in [2.24, 2.45) is 5.92 Å². The van der Waals surface area contributed by atoms with Crippen molar-refractivity contribution in [3.63, 3.8) is 0 Å². The molecule has 3 aromatic rings. The molecular formula is C22H21N3O2. The van der Waals surface area contributed by atoms with Gasteiger partial charge in [-0.05, 0) is 50.1 Å². The summed E-state index contributed by atoms with van der Waals surface area (Å²) < 4.78 is 0. The first-order valence-electron chi connectivity index (χ1n) is 9.19. The van der Waals surface area contributed by atoms with E-state index >= 15 is 0 Å². The number of para-hydroxylation sites is 1. The van der Waals surface area contributed by atoms with Gasteiger partial charge in [0, 0.05) is 28.4 Å². The number of pyridine rings is 1. The minimum atomic E-state index is -0.225. The van der Waals surface area contributed by atoms with Crippen molar-refractivity contribution < 1.29 is 9.59 Å². The summed E-state index contributed by atoms with van der Waals surface area (Å²) in [5, 5.41) is 6.63. The Bertz CT molecular complexity index is 1010. The maximum atomic E-state index is 12.9. The molecule has 1 aromatic heterocycles. The first kappa shape index (κ1) is 17.2. The zero-order chi connectivity index (χ0) is 18.8. The fourth-order valence-electron chi connectivity index (χ4n) is 3.23. The normalized spacial score (nSPS) is 13.8. The number of anilines is 2. The maximum Gasteiger partial charge on any atom is 0.256 e. The van der Waals surface area contributed by atoms with Crippen LogP contribution < -0.4 is 10.6 Å². The number of nitrogens with one attached hydrogen (secondary N) is 2. The van der Waals surface area contributed by atoms with Gasteiger partial charge < -0.3 is 10.6 Å². The van der Waals surface area contributed by atoms with Crippen LogP contribution in [0, 0.1) is 12.8 Å². The molecule has 0 atom stereocenters. The quantitative estimate of drug-likeness (QED) is 0.719. The van der Waals surface area contributed by atoms with Gasteiger partial charge in [-0.1, -0.05) is 30.7 Å². The number of benzene rings is 2. The maximum absolute atomic E-state index is 12.9. The molecule has 5 heteroatoms. The van der Waals surface area contributed by atoms with Crippen molar-refractivity contribution in [1.29, 1.82) is 0 Å². The van der Waals surface area contributed by atoms with E-state index in [0.29, 0.717) is 16.8 Å². The number of rotatable bonds is 4. The van der Waals surface area contributed by atoms with Gasteiger partial charge >= 0.3 is 0 Å². The zero-order valence-corrected chi connectivity index (χ0v) is 15.2. The Morgan fingerprint density at radius 1 is 0.963 bits per heavy atom. The Morgan fingerprint density at radius 2 is 1.74 bits per heavy atom. The third-order valence-corrected chi connectivity index (χ3v) is 4.97. The second kappa shape index (κ2) is 7.19. The van der Waals surface area contributed by atoms with E-state index in [4.69, 9.17) is 0 Å². The van der Waals surface area contributed by atoms with Gasteiger partial charge in [0.2, 0.25) is 5.91 Å². The monoisotopic (exact) mass is 359 g/mol. The van der Waals surface area contributed by atoms with E-state index in [1.165, 1.54) is 0 Å². The van der Waals surface area contributed by atoms with E-state index in [0.717, 1.165) is 36.0 Å². The Kier molecular flexibility index (Phi) is 4.59. The standard InChI is InChI=1S/C22H21N3O2/c1-14-10-11-18-19(22(27)24-16-8-3-2-4-9-16)12-17(13-20(18)23-14)25-21(26)15-6-5-7-15/h2-4,8-13,15H,5-7H2,1H3,(H,24,27)(H,25,26). The lowest BCUT2D eigenvalue weighted by Gasteiger charge is -2.24. The topological polar surface area (TPSA) is 71.1 Å². The fourth-order valence-corrected chi connectivity index (χ4v) is 3.23. The van der Waals surface area contributed by atoms with Gasteiger partial charge in [-0.25, -0.2) is 0 Å². The summed E-state index contributed by atoms with van der Waals surface area (Å²) in [4.78, 5) is 29.8. The van der Waals surface area contributed by atoms with E-state index in [2.05, 4.69) is 15.6 Å². The first-order chi connectivity index (χ1) is 13.1. The minimum absolute atomic E-state index is 0.0164. The van der Waals surface area contributed by atoms with Crippen molar-refractivity contribution in [3.05, 3.63) is 65.9 Å². The van der Waals surface area contributed by atoms with Crippen LogP contribution in [0.3, 0.4) is 0 Å². The number of hydrogen-bond acceptors (Lipinski definition) is 3. The molecule has 1 aliphatic rings. The highest BCUT2D eigenvalue weighted by Gasteiger charge is 2.25. The highest BCUT2D eigenvalue weighted by molar-refractivity contribution is 6.14. The van der Waals surface area contributed by atoms with Crippen LogP contribution in [0.1, 0.15) is 35.3 Å². The summed E-state index contributed by atoms with van der Waals surface area (Å²) in [6, 6.07) is 16.7. The molecule has 2 aromatic carbocycles. The van der Waals surface area contributed by atoms with E-state index in [1.54, 1.807) is 6.07 Å². The van der Waals surface area contributed by atoms with E-state index in [1.807, 2.05) is 55.5 Å². The van der Waals surface area contributed by atoms with Crippen LogP contribution in [0.4, 0.5) is 11.4 Å². The molecule has 27 heavy (non-hydrogen) atoms. The molecule has 0 bridgehead atoms. The lowest BCUT2D eigenvalue weighted by molar-refractivity contribution is -0.122. The smallest absolute Gasteiger partial charge is 0.256 e. The second-order valence-electron chi connectivity index (χ2n) is 6.98. The Balaban J connectivity index is 1.70. The summed E-state index contributed by atoms with van der Waals surface area (Å²) in [6.07, 6.45) is 2.96. The Morgan fingerprint density at radius 3 is 2.44 bits per heavy atom. The first-order valence-corrected chi connectivity index (χ1v) is 9.19. The number of amides is 2. The molecule has 4 rings (SSSR count). The van der Waals surface area contributed by atoms with Crippen LogP contribution in [-0.4, -0.2) is 16.8 Å². The predicted molar refractivity (Wildman–Crippen MR) is 107 cm³/mol. The van der Waals surface area contributed by atoms with Crippen molar-refractivity contribution in [2.45, 2.75) is 26.2 Å². The molecule has 2 N–H and O–H groups in total. The van der Waals surface area contributed by atoms with Gasteiger partial charge in [0.05, 0.1) is 11.1 Å². The van der Waals surface area contributed by atoms with Crippen LogP contribution in [0.2, 0.25) is 0 Å². The molecule has 0 aliphatic heterocycles. The third-order valence-electron chi connectivity index (χ3n) is 4.97. The molecule has 0 radical (unpaired) electrons. The lowest BCUT2D eigenvalue weighted by atomic mass is 9.85. The summed E-state index contributed by atoms with van der Waals surface area (Å²) in [5.74, 6) is -0.132. The van der Waals surface area contributed by atoms with Crippen LogP contribution in [-0.2, 0) is 4.79 Å². The lowest BCUT2D eigenvalue weighted by Crippen LogP contribution is -2.28. The molecule has 0 saturated heterocycles. The number of aryl methyl sites for hydroxylation is 1. The summed E-state index contributed by atoms with van der Waals surface area (Å²) in [5.41, 5.74) is 3.38. The van der Waals surface area contributed by atoms with Gasteiger partial charge in [0.15, 0.2) is 0 Å². The highest BCUT2D eigenvalue weighted by Crippen LogP contribution is 2.29. The SMILES string of the molecule is Cc1ccc2c(C(=O)Nc3ccccc3)cc(NC(=O)C3CCC3)cc2n1. The van der Waals surface area contributed by atoms with E-state index < -0.39 is 0 Å². The number of carbonyl (C=O) groups is 2. The second-order valence-corrected chi connectivity index (χ2v) is 6.98. The Labute approximate surface area is 157 Å². The number of carbonyl (C=O) groups excluding carboxylic acids is 2. The van der Waals surface area contributed by atoms with Gasteiger partial charge in [-0.3, -0.25) is 14.6 Å². The third kappa shape index (κ3) is 3.67. The highest BCUT2D eigenvalue weighted by atomic mass is 16.2. The molecule has 0 spiro atoms. The number of aromatic nitrogens is 1. The van der Waals surface area contributed by atoms with Crippen LogP contribution in [0.15, 0.2) is 54.6 Å². The van der Waals surface area contributed by atoms with Crippen molar-refractivity contribution in [2.75, 3.05) is 10.6 Å².